The summed E-state index contributed by atoms with van der Waals surface area (Å²) in [5.74, 6) is 0.0765. The molecule has 0 radical (unpaired) electrons. The molecule has 0 bridgehead atoms. The van der Waals surface area contributed by atoms with E-state index in [1.807, 2.05) is 17.5 Å². The molecule has 0 aliphatic carbocycles. The quantitative estimate of drug-likeness (QED) is 0.783. The molecule has 0 amide bonds. The summed E-state index contributed by atoms with van der Waals surface area (Å²) in [6.07, 6.45) is 2.56. The number of anilines is 1. The van der Waals surface area contributed by atoms with Crippen molar-refractivity contribution in [2.24, 2.45) is 0 Å². The standard InChI is InChI=1S/C11H12N2O2S/c14-10(15)2-1-5-12-11-8-4-7-16-9(8)3-6-13-11/h3-4,6-7H,1-2,5H2,(H,12,13)(H,14,15). The molecule has 16 heavy (non-hydrogen) atoms. The van der Waals surface area contributed by atoms with Crippen molar-refractivity contribution < 1.29 is 9.90 Å². The van der Waals surface area contributed by atoms with Crippen LogP contribution in [-0.2, 0) is 4.79 Å². The lowest BCUT2D eigenvalue weighted by Gasteiger charge is -2.05. The molecule has 2 rings (SSSR count). The summed E-state index contributed by atoms with van der Waals surface area (Å²) in [6, 6.07) is 3.99. The molecule has 0 spiro atoms. The Bertz CT molecular complexity index is 495. The number of aromatic nitrogens is 1. The van der Waals surface area contributed by atoms with Gasteiger partial charge in [0, 0.05) is 29.2 Å². The maximum absolute atomic E-state index is 10.3. The Morgan fingerprint density at radius 2 is 2.38 bits per heavy atom. The van der Waals surface area contributed by atoms with Crippen LogP contribution in [0.1, 0.15) is 12.8 Å². The molecule has 0 unspecified atom stereocenters. The van der Waals surface area contributed by atoms with E-state index < -0.39 is 5.97 Å². The van der Waals surface area contributed by atoms with E-state index in [1.165, 1.54) is 4.70 Å². The molecule has 0 aromatic carbocycles. The van der Waals surface area contributed by atoms with Crippen molar-refractivity contribution in [3.05, 3.63) is 23.7 Å². The van der Waals surface area contributed by atoms with Crippen molar-refractivity contribution in [2.45, 2.75) is 12.8 Å². The number of pyridine rings is 1. The van der Waals surface area contributed by atoms with Gasteiger partial charge in [-0.15, -0.1) is 11.3 Å². The van der Waals surface area contributed by atoms with Gasteiger partial charge in [0.2, 0.25) is 0 Å². The van der Waals surface area contributed by atoms with Gasteiger partial charge in [-0.1, -0.05) is 0 Å². The Hall–Kier alpha value is -1.62. The molecule has 0 aliphatic heterocycles. The minimum atomic E-state index is -0.761. The average molecular weight is 236 g/mol. The number of hydrogen-bond donors (Lipinski definition) is 2. The normalized spacial score (nSPS) is 10.5. The summed E-state index contributed by atoms with van der Waals surface area (Å²) in [5, 5.41) is 14.8. The van der Waals surface area contributed by atoms with Crippen LogP contribution < -0.4 is 5.32 Å². The van der Waals surface area contributed by atoms with Crippen LogP contribution >= 0.6 is 11.3 Å². The Balaban J connectivity index is 1.98. The third-order valence-electron chi connectivity index (χ3n) is 2.24. The molecule has 5 heteroatoms. The van der Waals surface area contributed by atoms with Gasteiger partial charge in [0.25, 0.3) is 0 Å². The lowest BCUT2D eigenvalue weighted by atomic mass is 10.3. The number of carboxylic acid groups (broad SMARTS) is 1. The van der Waals surface area contributed by atoms with Crippen LogP contribution in [-0.4, -0.2) is 22.6 Å². The molecular weight excluding hydrogens is 224 g/mol. The Morgan fingerprint density at radius 1 is 1.50 bits per heavy atom. The fraction of sp³-hybridized carbons (Fsp3) is 0.273. The van der Waals surface area contributed by atoms with Crippen molar-refractivity contribution in [3.8, 4) is 0 Å². The number of nitrogens with one attached hydrogen (secondary N) is 1. The lowest BCUT2D eigenvalue weighted by molar-refractivity contribution is -0.137. The summed E-state index contributed by atoms with van der Waals surface area (Å²) in [4.78, 5) is 14.6. The number of rotatable bonds is 5. The summed E-state index contributed by atoms with van der Waals surface area (Å²) in [7, 11) is 0. The number of hydrogen-bond acceptors (Lipinski definition) is 4. The topological polar surface area (TPSA) is 62.2 Å². The van der Waals surface area contributed by atoms with Gasteiger partial charge < -0.3 is 10.4 Å². The summed E-state index contributed by atoms with van der Waals surface area (Å²) >= 11 is 1.67. The smallest absolute Gasteiger partial charge is 0.303 e. The first-order valence-electron chi connectivity index (χ1n) is 5.05. The molecule has 2 aromatic heterocycles. The van der Waals surface area contributed by atoms with E-state index in [2.05, 4.69) is 10.3 Å². The highest BCUT2D eigenvalue weighted by Crippen LogP contribution is 2.25. The predicted octanol–water partition coefficient (Wildman–Crippen LogP) is 2.57. The van der Waals surface area contributed by atoms with Crippen LogP contribution in [0.5, 0.6) is 0 Å². The SMILES string of the molecule is O=C(O)CCCNc1nccc2sccc12. The van der Waals surface area contributed by atoms with Gasteiger partial charge in [0.15, 0.2) is 0 Å². The van der Waals surface area contributed by atoms with E-state index in [0.717, 1.165) is 11.2 Å². The third kappa shape index (κ3) is 2.49. The molecular formula is C11H12N2O2S. The minimum absolute atomic E-state index is 0.187. The fourth-order valence-corrected chi connectivity index (χ4v) is 2.26. The molecule has 2 heterocycles. The van der Waals surface area contributed by atoms with Crippen LogP contribution in [0, 0.1) is 0 Å². The first kappa shape index (κ1) is 10.9. The van der Waals surface area contributed by atoms with Crippen LogP contribution in [0.3, 0.4) is 0 Å². The molecule has 2 N–H and O–H groups in total. The highest BCUT2D eigenvalue weighted by Gasteiger charge is 2.02. The van der Waals surface area contributed by atoms with Crippen LogP contribution in [0.4, 0.5) is 5.82 Å². The molecule has 84 valence electrons. The molecule has 2 aromatic rings. The number of thiophene rings is 1. The average Bonchev–Trinajstić information content (AvgIpc) is 2.72. The lowest BCUT2D eigenvalue weighted by Crippen LogP contribution is -2.06. The van der Waals surface area contributed by atoms with E-state index in [0.29, 0.717) is 13.0 Å². The van der Waals surface area contributed by atoms with E-state index in [9.17, 15) is 4.79 Å². The molecule has 4 nitrogen and oxygen atoms in total. The number of carboxylic acids is 1. The van der Waals surface area contributed by atoms with E-state index in [4.69, 9.17) is 5.11 Å². The summed E-state index contributed by atoms with van der Waals surface area (Å²) < 4.78 is 1.19. The zero-order valence-electron chi connectivity index (χ0n) is 8.64. The Morgan fingerprint density at radius 3 is 3.19 bits per heavy atom. The highest BCUT2D eigenvalue weighted by atomic mass is 32.1. The maximum atomic E-state index is 10.3. The van der Waals surface area contributed by atoms with Gasteiger partial charge in [0.1, 0.15) is 5.82 Å². The zero-order chi connectivity index (χ0) is 11.4. The first-order chi connectivity index (χ1) is 7.77. The van der Waals surface area contributed by atoms with Crippen LogP contribution in [0.2, 0.25) is 0 Å². The monoisotopic (exact) mass is 236 g/mol. The molecule has 0 atom stereocenters. The summed E-state index contributed by atoms with van der Waals surface area (Å²) in [6.45, 7) is 0.633. The number of fused-ring (bicyclic) bond motifs is 1. The molecule has 0 fully saturated rings. The van der Waals surface area contributed by atoms with E-state index in [1.54, 1.807) is 17.5 Å². The van der Waals surface area contributed by atoms with Crippen LogP contribution in [0.15, 0.2) is 23.7 Å². The van der Waals surface area contributed by atoms with Gasteiger partial charge in [-0.3, -0.25) is 4.79 Å². The van der Waals surface area contributed by atoms with Crippen molar-refractivity contribution in [3.63, 3.8) is 0 Å². The van der Waals surface area contributed by atoms with Crippen LogP contribution in [0.25, 0.3) is 10.1 Å². The molecule has 0 aliphatic rings. The van der Waals surface area contributed by atoms with Crippen molar-refractivity contribution in [1.29, 1.82) is 0 Å². The van der Waals surface area contributed by atoms with Gasteiger partial charge in [0.05, 0.1) is 0 Å². The minimum Gasteiger partial charge on any atom is -0.481 e. The highest BCUT2D eigenvalue weighted by molar-refractivity contribution is 7.17. The van der Waals surface area contributed by atoms with Crippen molar-refractivity contribution >= 4 is 33.2 Å². The van der Waals surface area contributed by atoms with E-state index >= 15 is 0 Å². The largest absolute Gasteiger partial charge is 0.481 e. The Labute approximate surface area is 96.9 Å². The second-order valence-corrected chi connectivity index (χ2v) is 4.36. The molecule has 0 saturated carbocycles. The van der Waals surface area contributed by atoms with Gasteiger partial charge in [-0.2, -0.15) is 0 Å². The second-order valence-electron chi connectivity index (χ2n) is 3.42. The van der Waals surface area contributed by atoms with Gasteiger partial charge in [-0.05, 0) is 23.9 Å². The number of carbonyl (C=O) groups is 1. The predicted molar refractivity (Wildman–Crippen MR) is 65.0 cm³/mol. The zero-order valence-corrected chi connectivity index (χ0v) is 9.46. The molecule has 0 saturated heterocycles. The first-order valence-corrected chi connectivity index (χ1v) is 5.93. The number of aliphatic carboxylic acids is 1. The van der Waals surface area contributed by atoms with Gasteiger partial charge >= 0.3 is 5.97 Å². The van der Waals surface area contributed by atoms with E-state index in [-0.39, 0.29) is 6.42 Å². The third-order valence-corrected chi connectivity index (χ3v) is 3.12. The number of nitrogens with zero attached hydrogens (tertiary/aromatic N) is 1. The van der Waals surface area contributed by atoms with Crippen molar-refractivity contribution in [2.75, 3.05) is 11.9 Å². The Kier molecular flexibility index (Phi) is 3.36. The second kappa shape index (κ2) is 4.94. The van der Waals surface area contributed by atoms with Gasteiger partial charge in [-0.25, -0.2) is 4.98 Å². The fourth-order valence-electron chi connectivity index (χ4n) is 1.48. The van der Waals surface area contributed by atoms with Crippen molar-refractivity contribution in [1.82, 2.24) is 4.98 Å². The maximum Gasteiger partial charge on any atom is 0.303 e. The summed E-state index contributed by atoms with van der Waals surface area (Å²) in [5.41, 5.74) is 0.